The second-order valence-corrected chi connectivity index (χ2v) is 5.73. The van der Waals surface area contributed by atoms with Gasteiger partial charge in [-0.1, -0.05) is 39.5 Å². The fraction of sp³-hybridized carbons (Fsp3) is 0.929. The standard InChI is InChI=1S/C14H27NO2/c1-11(2)13(10-16)14(17)15(3)9-8-12-6-4-5-7-12/h11-13,16H,4-10H2,1-3H3. The van der Waals surface area contributed by atoms with E-state index in [1.807, 2.05) is 20.9 Å². The lowest BCUT2D eigenvalue weighted by atomic mass is 9.95. The molecule has 0 saturated heterocycles. The van der Waals surface area contributed by atoms with Gasteiger partial charge < -0.3 is 10.0 Å². The van der Waals surface area contributed by atoms with Crippen LogP contribution in [0.15, 0.2) is 0 Å². The van der Waals surface area contributed by atoms with Crippen molar-refractivity contribution in [2.45, 2.75) is 46.0 Å². The summed E-state index contributed by atoms with van der Waals surface area (Å²) in [5, 5.41) is 9.25. The van der Waals surface area contributed by atoms with Crippen molar-refractivity contribution in [1.82, 2.24) is 4.90 Å². The Morgan fingerprint density at radius 3 is 2.41 bits per heavy atom. The Balaban J connectivity index is 2.34. The molecule has 1 fully saturated rings. The van der Waals surface area contributed by atoms with Crippen LogP contribution in [0, 0.1) is 17.8 Å². The first-order chi connectivity index (χ1) is 8.06. The lowest BCUT2D eigenvalue weighted by Crippen LogP contribution is -2.38. The van der Waals surface area contributed by atoms with Gasteiger partial charge in [0.15, 0.2) is 0 Å². The van der Waals surface area contributed by atoms with E-state index in [-0.39, 0.29) is 24.3 Å². The van der Waals surface area contributed by atoms with Crippen LogP contribution in [0.1, 0.15) is 46.0 Å². The summed E-state index contributed by atoms with van der Waals surface area (Å²) >= 11 is 0. The Bertz CT molecular complexity index is 234. The van der Waals surface area contributed by atoms with E-state index in [0.717, 1.165) is 18.9 Å². The van der Waals surface area contributed by atoms with Gasteiger partial charge in [-0.3, -0.25) is 4.79 Å². The molecule has 3 heteroatoms. The summed E-state index contributed by atoms with van der Waals surface area (Å²) in [4.78, 5) is 13.9. The number of hydrogen-bond donors (Lipinski definition) is 1. The summed E-state index contributed by atoms with van der Waals surface area (Å²) in [7, 11) is 1.86. The molecule has 0 aromatic carbocycles. The second kappa shape index (κ2) is 7.00. The molecule has 100 valence electrons. The highest BCUT2D eigenvalue weighted by atomic mass is 16.3. The van der Waals surface area contributed by atoms with E-state index in [1.54, 1.807) is 4.90 Å². The van der Waals surface area contributed by atoms with E-state index >= 15 is 0 Å². The van der Waals surface area contributed by atoms with Gasteiger partial charge in [0.1, 0.15) is 0 Å². The number of carbonyl (C=O) groups is 1. The minimum atomic E-state index is -0.233. The maximum Gasteiger partial charge on any atom is 0.228 e. The zero-order valence-electron chi connectivity index (χ0n) is 11.5. The zero-order chi connectivity index (χ0) is 12.8. The molecule has 0 aromatic rings. The first-order valence-corrected chi connectivity index (χ1v) is 6.92. The van der Waals surface area contributed by atoms with E-state index in [2.05, 4.69) is 0 Å². The van der Waals surface area contributed by atoms with Crippen molar-refractivity contribution < 1.29 is 9.90 Å². The minimum absolute atomic E-state index is 0.0374. The van der Waals surface area contributed by atoms with Crippen LogP contribution in [-0.2, 0) is 4.79 Å². The molecular formula is C14H27NO2. The molecule has 1 rings (SSSR count). The van der Waals surface area contributed by atoms with Crippen LogP contribution >= 0.6 is 0 Å². The molecule has 1 unspecified atom stereocenters. The number of rotatable bonds is 6. The number of amides is 1. The highest BCUT2D eigenvalue weighted by molar-refractivity contribution is 5.78. The van der Waals surface area contributed by atoms with Crippen molar-refractivity contribution in [2.24, 2.45) is 17.8 Å². The fourth-order valence-electron chi connectivity index (χ4n) is 2.64. The summed E-state index contributed by atoms with van der Waals surface area (Å²) in [5.74, 6) is 0.891. The topological polar surface area (TPSA) is 40.5 Å². The van der Waals surface area contributed by atoms with Crippen LogP contribution in [-0.4, -0.2) is 36.1 Å². The van der Waals surface area contributed by atoms with Crippen LogP contribution in [0.2, 0.25) is 0 Å². The number of carbonyl (C=O) groups excluding carboxylic acids is 1. The van der Waals surface area contributed by atoms with Gasteiger partial charge in [0, 0.05) is 13.6 Å². The molecule has 1 atom stereocenters. The minimum Gasteiger partial charge on any atom is -0.396 e. The number of nitrogens with zero attached hydrogens (tertiary/aromatic N) is 1. The number of aliphatic hydroxyl groups is 1. The van der Waals surface area contributed by atoms with E-state index in [4.69, 9.17) is 0 Å². The molecule has 0 spiro atoms. The number of aliphatic hydroxyl groups excluding tert-OH is 1. The van der Waals surface area contributed by atoms with Crippen LogP contribution in [0.3, 0.4) is 0 Å². The smallest absolute Gasteiger partial charge is 0.228 e. The van der Waals surface area contributed by atoms with Crippen LogP contribution in [0.5, 0.6) is 0 Å². The average molecular weight is 241 g/mol. The van der Waals surface area contributed by atoms with E-state index < -0.39 is 0 Å². The second-order valence-electron chi connectivity index (χ2n) is 5.73. The first-order valence-electron chi connectivity index (χ1n) is 6.92. The molecule has 0 radical (unpaired) electrons. The third-order valence-electron chi connectivity index (χ3n) is 4.04. The maximum atomic E-state index is 12.1. The van der Waals surface area contributed by atoms with Crippen LogP contribution < -0.4 is 0 Å². The lowest BCUT2D eigenvalue weighted by Gasteiger charge is -2.25. The summed E-state index contributed by atoms with van der Waals surface area (Å²) in [6.45, 7) is 4.78. The maximum absolute atomic E-state index is 12.1. The molecule has 0 heterocycles. The lowest BCUT2D eigenvalue weighted by molar-refractivity contribution is -0.137. The SMILES string of the molecule is CC(C)C(CO)C(=O)N(C)CCC1CCCC1. The highest BCUT2D eigenvalue weighted by Crippen LogP contribution is 2.27. The molecule has 3 nitrogen and oxygen atoms in total. The molecule has 1 amide bonds. The molecule has 0 bridgehead atoms. The monoisotopic (exact) mass is 241 g/mol. The summed E-state index contributed by atoms with van der Waals surface area (Å²) < 4.78 is 0. The highest BCUT2D eigenvalue weighted by Gasteiger charge is 2.25. The first kappa shape index (κ1) is 14.5. The third kappa shape index (κ3) is 4.30. The van der Waals surface area contributed by atoms with Gasteiger partial charge in [-0.25, -0.2) is 0 Å². The van der Waals surface area contributed by atoms with Crippen molar-refractivity contribution in [2.75, 3.05) is 20.2 Å². The summed E-state index contributed by atoms with van der Waals surface area (Å²) in [6.07, 6.45) is 6.49. The van der Waals surface area contributed by atoms with Crippen molar-refractivity contribution in [3.8, 4) is 0 Å². The van der Waals surface area contributed by atoms with Crippen molar-refractivity contribution in [1.29, 1.82) is 0 Å². The van der Waals surface area contributed by atoms with Crippen molar-refractivity contribution in [3.63, 3.8) is 0 Å². The summed E-state index contributed by atoms with van der Waals surface area (Å²) in [5.41, 5.74) is 0. The predicted molar refractivity (Wildman–Crippen MR) is 69.6 cm³/mol. The Labute approximate surface area is 105 Å². The van der Waals surface area contributed by atoms with Gasteiger partial charge >= 0.3 is 0 Å². The van der Waals surface area contributed by atoms with Gasteiger partial charge in [-0.15, -0.1) is 0 Å². The van der Waals surface area contributed by atoms with Gasteiger partial charge in [-0.2, -0.15) is 0 Å². The quantitative estimate of drug-likeness (QED) is 0.775. The molecular weight excluding hydrogens is 214 g/mol. The van der Waals surface area contributed by atoms with Crippen LogP contribution in [0.4, 0.5) is 0 Å². The Kier molecular flexibility index (Phi) is 5.96. The average Bonchev–Trinajstić information content (AvgIpc) is 2.78. The Morgan fingerprint density at radius 2 is 1.94 bits per heavy atom. The van der Waals surface area contributed by atoms with E-state index in [9.17, 15) is 9.90 Å². The molecule has 0 aromatic heterocycles. The Morgan fingerprint density at radius 1 is 1.35 bits per heavy atom. The summed E-state index contributed by atoms with van der Waals surface area (Å²) in [6, 6.07) is 0. The van der Waals surface area contributed by atoms with E-state index in [0.29, 0.717) is 0 Å². The fourth-order valence-corrected chi connectivity index (χ4v) is 2.64. The van der Waals surface area contributed by atoms with Gasteiger partial charge in [0.2, 0.25) is 5.91 Å². The van der Waals surface area contributed by atoms with Crippen LogP contribution in [0.25, 0.3) is 0 Å². The third-order valence-corrected chi connectivity index (χ3v) is 4.04. The molecule has 17 heavy (non-hydrogen) atoms. The Hall–Kier alpha value is -0.570. The normalized spacial score (nSPS) is 18.6. The molecule has 1 aliphatic rings. The molecule has 1 aliphatic carbocycles. The largest absolute Gasteiger partial charge is 0.396 e. The predicted octanol–water partition coefficient (Wildman–Crippen LogP) is 2.29. The number of hydrogen-bond acceptors (Lipinski definition) is 2. The molecule has 1 saturated carbocycles. The van der Waals surface area contributed by atoms with Crippen molar-refractivity contribution in [3.05, 3.63) is 0 Å². The molecule has 0 aliphatic heterocycles. The zero-order valence-corrected chi connectivity index (χ0v) is 11.5. The van der Waals surface area contributed by atoms with Gasteiger partial charge in [0.25, 0.3) is 0 Å². The molecule has 1 N–H and O–H groups in total. The van der Waals surface area contributed by atoms with Gasteiger partial charge in [-0.05, 0) is 18.3 Å². The van der Waals surface area contributed by atoms with E-state index in [1.165, 1.54) is 25.7 Å². The van der Waals surface area contributed by atoms with Crippen molar-refractivity contribution >= 4 is 5.91 Å². The van der Waals surface area contributed by atoms with Gasteiger partial charge in [0.05, 0.1) is 12.5 Å².